The topological polar surface area (TPSA) is 19.9 Å². The van der Waals surface area contributed by atoms with Gasteiger partial charge in [-0.15, -0.1) is 0 Å². The smallest absolute Gasteiger partial charge is 0.120 e. The molecule has 65 valence electrons. The molecule has 0 aromatic heterocycles. The molecule has 0 spiro atoms. The summed E-state index contributed by atoms with van der Waals surface area (Å²) in [5.74, 6) is 0.229. The monoisotopic (exact) mass is 163 g/mol. The summed E-state index contributed by atoms with van der Waals surface area (Å²) in [6, 6.07) is 9.59. The van der Waals surface area contributed by atoms with Crippen molar-refractivity contribution in [2.75, 3.05) is 0 Å². The molecule has 1 aromatic rings. The Morgan fingerprint density at radius 1 is 1.25 bits per heavy atom. The van der Waals surface area contributed by atoms with Crippen molar-refractivity contribution in [3.8, 4) is 0 Å². The highest BCUT2D eigenvalue weighted by molar-refractivity contribution is 5.17. The van der Waals surface area contributed by atoms with Crippen LogP contribution < -0.4 is 0 Å². The summed E-state index contributed by atoms with van der Waals surface area (Å²) in [5.41, 5.74) is 0.909. The second-order valence-electron chi connectivity index (χ2n) is 3.22. The maximum absolute atomic E-state index is 11.7. The average Bonchev–Trinajstić information content (AvgIpc) is 2.17. The molecule has 1 radical (unpaired) electrons. The van der Waals surface area contributed by atoms with Crippen LogP contribution in [-0.4, -0.2) is 0 Å². The summed E-state index contributed by atoms with van der Waals surface area (Å²) in [4.78, 5) is 0. The third kappa shape index (κ3) is 2.08. The predicted molar refractivity (Wildman–Crippen MR) is 49.3 cm³/mol. The molecule has 0 bridgehead atoms. The molecule has 0 aliphatic rings. The molecule has 0 aliphatic carbocycles. The summed E-state index contributed by atoms with van der Waals surface area (Å²) >= 11 is 0. The van der Waals surface area contributed by atoms with E-state index in [1.807, 2.05) is 37.3 Å². The Labute approximate surface area is 74.1 Å². The zero-order valence-electron chi connectivity index (χ0n) is 7.66. The zero-order valence-corrected chi connectivity index (χ0v) is 7.66. The van der Waals surface area contributed by atoms with Crippen LogP contribution in [0, 0.1) is 5.92 Å². The molecule has 0 aliphatic heterocycles. The van der Waals surface area contributed by atoms with E-state index in [9.17, 15) is 5.11 Å². The van der Waals surface area contributed by atoms with Gasteiger partial charge in [0.1, 0.15) is 6.10 Å². The fraction of sp³-hybridized carbons (Fsp3) is 0.455. The lowest BCUT2D eigenvalue weighted by atomic mass is 9.95. The lowest BCUT2D eigenvalue weighted by molar-refractivity contribution is 0.0406. The first-order chi connectivity index (χ1) is 5.75. The largest absolute Gasteiger partial charge is 0.228 e. The third-order valence-corrected chi connectivity index (χ3v) is 2.29. The number of hydrogen-bond acceptors (Lipinski definition) is 0. The van der Waals surface area contributed by atoms with Crippen molar-refractivity contribution in [3.63, 3.8) is 0 Å². The molecule has 2 unspecified atom stereocenters. The van der Waals surface area contributed by atoms with E-state index >= 15 is 0 Å². The quantitative estimate of drug-likeness (QED) is 0.652. The van der Waals surface area contributed by atoms with Gasteiger partial charge in [0.15, 0.2) is 0 Å². The van der Waals surface area contributed by atoms with Crippen LogP contribution in [0.2, 0.25) is 0 Å². The van der Waals surface area contributed by atoms with Crippen LogP contribution in [0.25, 0.3) is 0 Å². The summed E-state index contributed by atoms with van der Waals surface area (Å²) in [7, 11) is 0. The Morgan fingerprint density at radius 2 is 1.83 bits per heavy atom. The van der Waals surface area contributed by atoms with Crippen LogP contribution in [0.1, 0.15) is 31.9 Å². The minimum Gasteiger partial charge on any atom is -0.228 e. The molecule has 1 heteroatoms. The van der Waals surface area contributed by atoms with Gasteiger partial charge in [-0.05, 0) is 11.5 Å². The van der Waals surface area contributed by atoms with E-state index in [4.69, 9.17) is 0 Å². The second-order valence-corrected chi connectivity index (χ2v) is 3.22. The van der Waals surface area contributed by atoms with E-state index in [-0.39, 0.29) is 5.92 Å². The van der Waals surface area contributed by atoms with Gasteiger partial charge in [0.25, 0.3) is 0 Å². The van der Waals surface area contributed by atoms with Crippen molar-refractivity contribution in [2.24, 2.45) is 5.92 Å². The van der Waals surface area contributed by atoms with Crippen LogP contribution >= 0.6 is 0 Å². The minimum atomic E-state index is -0.559. The molecule has 0 fully saturated rings. The maximum Gasteiger partial charge on any atom is 0.120 e. The molecular weight excluding hydrogens is 148 g/mol. The molecule has 1 rings (SSSR count). The molecule has 0 saturated carbocycles. The Hall–Kier alpha value is -0.820. The van der Waals surface area contributed by atoms with Gasteiger partial charge in [-0.1, -0.05) is 50.6 Å². The van der Waals surface area contributed by atoms with E-state index in [2.05, 4.69) is 6.92 Å². The Morgan fingerprint density at radius 3 is 2.33 bits per heavy atom. The summed E-state index contributed by atoms with van der Waals surface area (Å²) in [6.07, 6.45) is 0.388. The lowest BCUT2D eigenvalue weighted by Gasteiger charge is -2.14. The molecule has 2 atom stereocenters. The minimum absolute atomic E-state index is 0.229. The van der Waals surface area contributed by atoms with Crippen molar-refractivity contribution in [1.29, 1.82) is 0 Å². The first-order valence-corrected chi connectivity index (χ1v) is 4.46. The van der Waals surface area contributed by atoms with Crippen LogP contribution in [0.15, 0.2) is 30.3 Å². The summed E-state index contributed by atoms with van der Waals surface area (Å²) < 4.78 is 0. The third-order valence-electron chi connectivity index (χ3n) is 2.29. The Bertz CT molecular complexity index is 218. The van der Waals surface area contributed by atoms with Gasteiger partial charge in [0, 0.05) is 0 Å². The van der Waals surface area contributed by atoms with Crippen LogP contribution in [0.4, 0.5) is 0 Å². The SMILES string of the molecule is CCC(C)C([O])c1ccccc1. The van der Waals surface area contributed by atoms with Gasteiger partial charge < -0.3 is 0 Å². The van der Waals surface area contributed by atoms with Gasteiger partial charge in [-0.3, -0.25) is 0 Å². The Balaban J connectivity index is 2.71. The highest BCUT2D eigenvalue weighted by Gasteiger charge is 2.15. The van der Waals surface area contributed by atoms with Crippen molar-refractivity contribution < 1.29 is 5.11 Å². The standard InChI is InChI=1S/C11H15O/c1-3-9(2)11(12)10-7-5-4-6-8-10/h4-9,11H,3H2,1-2H3. The highest BCUT2D eigenvalue weighted by Crippen LogP contribution is 2.23. The fourth-order valence-corrected chi connectivity index (χ4v) is 1.19. The first kappa shape index (κ1) is 9.27. The molecule has 12 heavy (non-hydrogen) atoms. The molecule has 1 aromatic carbocycles. The second kappa shape index (κ2) is 4.27. The fourth-order valence-electron chi connectivity index (χ4n) is 1.19. The van der Waals surface area contributed by atoms with E-state index in [1.54, 1.807) is 0 Å². The molecule has 1 nitrogen and oxygen atoms in total. The van der Waals surface area contributed by atoms with Crippen molar-refractivity contribution in [1.82, 2.24) is 0 Å². The molecule has 0 heterocycles. The zero-order chi connectivity index (χ0) is 8.97. The van der Waals surface area contributed by atoms with Crippen molar-refractivity contribution in [2.45, 2.75) is 26.4 Å². The van der Waals surface area contributed by atoms with Crippen LogP contribution in [0.5, 0.6) is 0 Å². The van der Waals surface area contributed by atoms with Gasteiger partial charge in [0.2, 0.25) is 0 Å². The predicted octanol–water partition coefficient (Wildman–Crippen LogP) is 3.20. The van der Waals surface area contributed by atoms with Crippen molar-refractivity contribution in [3.05, 3.63) is 35.9 Å². The van der Waals surface area contributed by atoms with Gasteiger partial charge in [-0.2, -0.15) is 0 Å². The normalized spacial score (nSPS) is 15.6. The van der Waals surface area contributed by atoms with Crippen molar-refractivity contribution >= 4 is 0 Å². The van der Waals surface area contributed by atoms with E-state index in [0.717, 1.165) is 12.0 Å². The van der Waals surface area contributed by atoms with Gasteiger partial charge in [0.05, 0.1) is 0 Å². The highest BCUT2D eigenvalue weighted by atomic mass is 16.3. The van der Waals surface area contributed by atoms with Gasteiger partial charge in [-0.25, -0.2) is 5.11 Å². The van der Waals surface area contributed by atoms with Crippen LogP contribution in [0.3, 0.4) is 0 Å². The van der Waals surface area contributed by atoms with E-state index in [0.29, 0.717) is 0 Å². The maximum atomic E-state index is 11.7. The van der Waals surface area contributed by atoms with Gasteiger partial charge >= 0.3 is 0 Å². The number of rotatable bonds is 3. The van der Waals surface area contributed by atoms with Crippen LogP contribution in [-0.2, 0) is 5.11 Å². The molecular formula is C11H15O. The lowest BCUT2D eigenvalue weighted by Crippen LogP contribution is -2.06. The summed E-state index contributed by atoms with van der Waals surface area (Å²) in [5, 5.41) is 11.7. The molecule has 0 amide bonds. The number of benzene rings is 1. The summed E-state index contributed by atoms with van der Waals surface area (Å²) in [6.45, 7) is 4.06. The first-order valence-electron chi connectivity index (χ1n) is 4.46. The molecule has 0 saturated heterocycles. The number of hydrogen-bond donors (Lipinski definition) is 0. The molecule has 0 N–H and O–H groups in total. The Kier molecular flexibility index (Phi) is 3.30. The van der Waals surface area contributed by atoms with E-state index in [1.165, 1.54) is 0 Å². The average molecular weight is 163 g/mol. The van der Waals surface area contributed by atoms with E-state index < -0.39 is 6.10 Å².